The van der Waals surface area contributed by atoms with Crippen molar-refractivity contribution >= 4 is 5.97 Å². The van der Waals surface area contributed by atoms with Gasteiger partial charge in [0.25, 0.3) is 0 Å². The summed E-state index contributed by atoms with van der Waals surface area (Å²) in [5.41, 5.74) is 1.14. The zero-order chi connectivity index (χ0) is 16.4. The Labute approximate surface area is 138 Å². The summed E-state index contributed by atoms with van der Waals surface area (Å²) in [5.74, 6) is 0.748. The summed E-state index contributed by atoms with van der Waals surface area (Å²) in [6, 6.07) is 8.18. The van der Waals surface area contributed by atoms with Crippen LogP contribution < -0.4 is 4.74 Å². The molecule has 1 aromatic carbocycles. The number of hydrogen-bond acceptors (Lipinski definition) is 3. The van der Waals surface area contributed by atoms with E-state index in [9.17, 15) is 9.90 Å². The number of hydrogen-bond donors (Lipinski definition) is 1. The maximum Gasteiger partial charge on any atom is 0.320 e. The number of carboxylic acids is 1. The number of carbonyl (C=O) groups is 1. The fourth-order valence-corrected chi connectivity index (χ4v) is 4.22. The second-order valence-corrected chi connectivity index (χ2v) is 7.19. The van der Waals surface area contributed by atoms with Gasteiger partial charge in [0.1, 0.15) is 11.8 Å². The lowest BCUT2D eigenvalue weighted by atomic mass is 9.84. The molecule has 126 valence electrons. The van der Waals surface area contributed by atoms with E-state index < -0.39 is 5.97 Å². The Morgan fingerprint density at radius 3 is 2.87 bits per heavy atom. The van der Waals surface area contributed by atoms with Crippen molar-refractivity contribution in [2.24, 2.45) is 5.92 Å². The summed E-state index contributed by atoms with van der Waals surface area (Å²) < 4.78 is 5.77. The minimum absolute atomic E-state index is 0.145. The summed E-state index contributed by atoms with van der Waals surface area (Å²) in [4.78, 5) is 13.9. The third kappa shape index (κ3) is 3.69. The number of carboxylic acid groups (broad SMARTS) is 1. The van der Waals surface area contributed by atoms with Gasteiger partial charge in [-0.15, -0.1) is 0 Å². The van der Waals surface area contributed by atoms with Gasteiger partial charge in [0.2, 0.25) is 0 Å². The van der Waals surface area contributed by atoms with Gasteiger partial charge in [-0.2, -0.15) is 0 Å². The molecule has 1 aliphatic heterocycles. The van der Waals surface area contributed by atoms with Crippen LogP contribution in [0.25, 0.3) is 0 Å². The lowest BCUT2D eigenvalue weighted by Gasteiger charge is -2.33. The number of nitrogens with zero attached hydrogens (tertiary/aromatic N) is 1. The molecule has 0 amide bonds. The molecular weight excluding hydrogens is 290 g/mol. The minimum Gasteiger partial charge on any atom is -0.491 e. The molecule has 2 fully saturated rings. The average molecular weight is 317 g/mol. The van der Waals surface area contributed by atoms with Crippen molar-refractivity contribution in [1.29, 1.82) is 0 Å². The summed E-state index contributed by atoms with van der Waals surface area (Å²) >= 11 is 0. The van der Waals surface area contributed by atoms with Crippen LogP contribution in [0.15, 0.2) is 24.3 Å². The van der Waals surface area contributed by atoms with Crippen molar-refractivity contribution in [3.63, 3.8) is 0 Å². The molecule has 0 bridgehead atoms. The number of likely N-dealkylation sites (tertiary alicyclic amines) is 1. The first kappa shape index (κ1) is 16.3. The molecular formula is C19H27NO3. The van der Waals surface area contributed by atoms with Crippen LogP contribution in [0.4, 0.5) is 0 Å². The largest absolute Gasteiger partial charge is 0.491 e. The summed E-state index contributed by atoms with van der Waals surface area (Å²) in [7, 11) is 0. The molecule has 0 unspecified atom stereocenters. The minimum atomic E-state index is -0.672. The highest BCUT2D eigenvalue weighted by Gasteiger charge is 2.44. The van der Waals surface area contributed by atoms with E-state index in [1.54, 1.807) is 0 Å². The average Bonchev–Trinajstić information content (AvgIpc) is 2.86. The van der Waals surface area contributed by atoms with Gasteiger partial charge in [0.05, 0.1) is 6.10 Å². The smallest absolute Gasteiger partial charge is 0.320 e. The van der Waals surface area contributed by atoms with E-state index in [2.05, 4.69) is 17.0 Å². The van der Waals surface area contributed by atoms with Crippen LogP contribution in [0, 0.1) is 5.92 Å². The van der Waals surface area contributed by atoms with Crippen LogP contribution >= 0.6 is 0 Å². The van der Waals surface area contributed by atoms with Crippen molar-refractivity contribution in [2.45, 2.75) is 70.7 Å². The molecule has 1 aliphatic carbocycles. The Morgan fingerprint density at radius 1 is 1.35 bits per heavy atom. The number of rotatable bonds is 5. The first-order valence-electron chi connectivity index (χ1n) is 8.78. The zero-order valence-electron chi connectivity index (χ0n) is 14.1. The predicted octanol–water partition coefficient (Wildman–Crippen LogP) is 3.69. The van der Waals surface area contributed by atoms with Gasteiger partial charge in [-0.3, -0.25) is 9.69 Å². The Balaban J connectivity index is 1.77. The van der Waals surface area contributed by atoms with Crippen LogP contribution in [0.2, 0.25) is 0 Å². The van der Waals surface area contributed by atoms with Crippen LogP contribution in [-0.4, -0.2) is 34.2 Å². The second-order valence-electron chi connectivity index (χ2n) is 7.19. The molecule has 3 atom stereocenters. The third-order valence-corrected chi connectivity index (χ3v) is 5.14. The van der Waals surface area contributed by atoms with Gasteiger partial charge in [0, 0.05) is 12.6 Å². The maximum absolute atomic E-state index is 11.7. The van der Waals surface area contributed by atoms with E-state index in [0.717, 1.165) is 24.2 Å². The molecule has 4 nitrogen and oxygen atoms in total. The summed E-state index contributed by atoms with van der Waals surface area (Å²) in [6.45, 7) is 4.73. The zero-order valence-corrected chi connectivity index (χ0v) is 14.1. The monoisotopic (exact) mass is 317 g/mol. The molecule has 2 aliphatic rings. The Kier molecular flexibility index (Phi) is 4.90. The summed E-state index contributed by atoms with van der Waals surface area (Å²) in [5, 5.41) is 9.62. The van der Waals surface area contributed by atoms with Gasteiger partial charge in [-0.05, 0) is 56.7 Å². The van der Waals surface area contributed by atoms with E-state index >= 15 is 0 Å². The molecule has 0 aromatic heterocycles. The molecule has 1 N–H and O–H groups in total. The Hall–Kier alpha value is -1.55. The van der Waals surface area contributed by atoms with Crippen molar-refractivity contribution in [3.05, 3.63) is 29.8 Å². The number of aliphatic carboxylic acids is 1. The van der Waals surface area contributed by atoms with E-state index in [4.69, 9.17) is 4.74 Å². The third-order valence-electron chi connectivity index (χ3n) is 5.14. The molecule has 0 radical (unpaired) electrons. The van der Waals surface area contributed by atoms with E-state index in [1.807, 2.05) is 26.0 Å². The fourth-order valence-electron chi connectivity index (χ4n) is 4.22. The lowest BCUT2D eigenvalue weighted by Crippen LogP contribution is -2.41. The normalized spacial score (nSPS) is 27.9. The number of ether oxygens (including phenoxy) is 1. The van der Waals surface area contributed by atoms with Gasteiger partial charge >= 0.3 is 5.97 Å². The highest BCUT2D eigenvalue weighted by atomic mass is 16.5. The second kappa shape index (κ2) is 6.91. The number of fused-ring (bicyclic) bond motifs is 1. The van der Waals surface area contributed by atoms with Crippen molar-refractivity contribution in [2.75, 3.05) is 0 Å². The van der Waals surface area contributed by atoms with E-state index in [0.29, 0.717) is 18.5 Å². The lowest BCUT2D eigenvalue weighted by molar-refractivity contribution is -0.142. The molecule has 1 aromatic rings. The van der Waals surface area contributed by atoms with Crippen LogP contribution in [0.1, 0.15) is 51.5 Å². The van der Waals surface area contributed by atoms with Crippen molar-refractivity contribution < 1.29 is 14.6 Å². The van der Waals surface area contributed by atoms with Gasteiger partial charge in [-0.1, -0.05) is 25.0 Å². The molecule has 1 heterocycles. The SMILES string of the molecule is CC(C)Oc1cccc(CN2[C@H](C(=O)O)C[C@@H]3CCCC[C@@H]32)c1. The molecule has 3 rings (SSSR count). The van der Waals surface area contributed by atoms with Gasteiger partial charge in [0.15, 0.2) is 0 Å². The first-order valence-corrected chi connectivity index (χ1v) is 8.78. The number of benzene rings is 1. The molecule has 1 saturated carbocycles. The molecule has 1 saturated heterocycles. The van der Waals surface area contributed by atoms with Crippen molar-refractivity contribution in [3.8, 4) is 5.75 Å². The van der Waals surface area contributed by atoms with Gasteiger partial charge < -0.3 is 9.84 Å². The first-order chi connectivity index (χ1) is 11.0. The van der Waals surface area contributed by atoms with Crippen molar-refractivity contribution in [1.82, 2.24) is 4.90 Å². The quantitative estimate of drug-likeness (QED) is 0.900. The summed E-state index contributed by atoms with van der Waals surface area (Å²) in [6.07, 6.45) is 5.74. The molecule has 23 heavy (non-hydrogen) atoms. The highest BCUT2D eigenvalue weighted by molar-refractivity contribution is 5.74. The van der Waals surface area contributed by atoms with Crippen LogP contribution in [-0.2, 0) is 11.3 Å². The molecule has 4 heteroatoms. The van der Waals surface area contributed by atoms with Crippen LogP contribution in [0.5, 0.6) is 5.75 Å². The van der Waals surface area contributed by atoms with Crippen LogP contribution in [0.3, 0.4) is 0 Å². The highest BCUT2D eigenvalue weighted by Crippen LogP contribution is 2.40. The molecule has 0 spiro atoms. The van der Waals surface area contributed by atoms with E-state index in [-0.39, 0.29) is 12.1 Å². The maximum atomic E-state index is 11.7. The fraction of sp³-hybridized carbons (Fsp3) is 0.632. The Morgan fingerprint density at radius 2 is 2.13 bits per heavy atom. The standard InChI is InChI=1S/C19H27NO3/c1-13(2)23-16-8-5-6-14(10-16)12-20-17-9-4-3-7-15(17)11-18(20)19(21)22/h5-6,8,10,13,15,17-18H,3-4,7,9,11-12H2,1-2H3,(H,21,22)/t15-,17-,18-/m0/s1. The van der Waals surface area contributed by atoms with Gasteiger partial charge in [-0.25, -0.2) is 0 Å². The van der Waals surface area contributed by atoms with E-state index in [1.165, 1.54) is 19.3 Å². The topological polar surface area (TPSA) is 49.8 Å². The predicted molar refractivity (Wildman–Crippen MR) is 89.5 cm³/mol. The Bertz CT molecular complexity index is 557.